The van der Waals surface area contributed by atoms with E-state index in [1.54, 1.807) is 4.90 Å². The summed E-state index contributed by atoms with van der Waals surface area (Å²) in [5.41, 5.74) is 2.33. The average Bonchev–Trinajstić information content (AvgIpc) is 3.10. The molecule has 0 spiro atoms. The highest BCUT2D eigenvalue weighted by molar-refractivity contribution is 6.80. The fraction of sp³-hybridized carbons (Fsp3) is 0.262. The van der Waals surface area contributed by atoms with Crippen molar-refractivity contribution >= 4 is 36.9 Å². The van der Waals surface area contributed by atoms with Crippen molar-refractivity contribution in [2.45, 2.75) is 63.6 Å². The molecule has 2 atom stereocenters. The molecule has 1 radical (unpaired) electrons. The Hall–Kier alpha value is -4.49. The second-order valence-corrected chi connectivity index (χ2v) is 15.7. The lowest BCUT2D eigenvalue weighted by Crippen LogP contribution is -2.61. The van der Waals surface area contributed by atoms with Gasteiger partial charge in [-0.3, -0.25) is 0 Å². The number of nitrogens with zero attached hydrogens (tertiary/aromatic N) is 1. The summed E-state index contributed by atoms with van der Waals surface area (Å²) in [5, 5.41) is 14.7. The van der Waals surface area contributed by atoms with E-state index in [1.807, 2.05) is 104 Å². The van der Waals surface area contributed by atoms with E-state index in [9.17, 15) is 9.90 Å². The van der Waals surface area contributed by atoms with E-state index in [0.717, 1.165) is 22.4 Å². The highest BCUT2D eigenvalue weighted by atomic mass is 28.3. The normalized spacial score (nSPS) is 19.0. The van der Waals surface area contributed by atoms with Gasteiger partial charge in [0.1, 0.15) is 5.60 Å². The first-order chi connectivity index (χ1) is 23.1. The average molecular weight is 655 g/mol. The third kappa shape index (κ3) is 6.74. The van der Waals surface area contributed by atoms with Gasteiger partial charge in [-0.2, -0.15) is 0 Å². The summed E-state index contributed by atoms with van der Waals surface area (Å²) >= 11 is 0. The molecule has 5 aromatic rings. The zero-order valence-electron chi connectivity index (χ0n) is 28.2. The molecule has 0 heterocycles. The van der Waals surface area contributed by atoms with E-state index in [4.69, 9.17) is 9.16 Å². The van der Waals surface area contributed by atoms with Crippen molar-refractivity contribution in [1.82, 2.24) is 0 Å². The second kappa shape index (κ2) is 13.9. The minimum absolute atomic E-state index is 0.0447. The molecule has 48 heavy (non-hydrogen) atoms. The van der Waals surface area contributed by atoms with E-state index >= 15 is 0 Å². The monoisotopic (exact) mass is 654 g/mol. The smallest absolute Gasteiger partial charge is 0.418 e. The summed E-state index contributed by atoms with van der Waals surface area (Å²) in [4.78, 5) is 15.5. The van der Waals surface area contributed by atoms with Crippen molar-refractivity contribution in [3.05, 3.63) is 156 Å². The van der Waals surface area contributed by atoms with Crippen LogP contribution in [-0.2, 0) is 26.6 Å². The molecule has 5 nitrogen and oxygen atoms in total. The molecule has 0 fully saturated rings. The summed E-state index contributed by atoms with van der Waals surface area (Å²) in [6.45, 7) is 8.61. The number of aliphatic hydroxyl groups is 1. The summed E-state index contributed by atoms with van der Waals surface area (Å²) in [7, 11) is -1.88. The number of rotatable bonds is 9. The molecule has 5 aromatic carbocycles. The Morgan fingerprint density at radius 1 is 0.750 bits per heavy atom. The molecule has 0 aliphatic heterocycles. The van der Waals surface area contributed by atoms with Crippen molar-refractivity contribution < 1.29 is 19.1 Å². The summed E-state index contributed by atoms with van der Waals surface area (Å²) in [6.07, 6.45) is 1.03. The highest BCUT2D eigenvalue weighted by Crippen LogP contribution is 2.50. The van der Waals surface area contributed by atoms with Gasteiger partial charge in [0.05, 0.1) is 23.6 Å². The number of para-hydroxylation sites is 2. The molecule has 1 amide bonds. The molecule has 6 heteroatoms. The van der Waals surface area contributed by atoms with Gasteiger partial charge in [-0.25, -0.2) is 9.69 Å². The topological polar surface area (TPSA) is 59.0 Å². The van der Waals surface area contributed by atoms with Crippen molar-refractivity contribution in [3.8, 4) is 0 Å². The van der Waals surface area contributed by atoms with Gasteiger partial charge in [-0.05, 0) is 76.5 Å². The molecule has 0 aromatic heterocycles. The first-order valence-corrected chi connectivity index (χ1v) is 18.1. The number of benzene rings is 5. The second-order valence-electron chi connectivity index (χ2n) is 13.7. The van der Waals surface area contributed by atoms with Gasteiger partial charge < -0.3 is 14.3 Å². The van der Waals surface area contributed by atoms with Crippen LogP contribution in [0.1, 0.15) is 57.2 Å². The van der Waals surface area contributed by atoms with Crippen LogP contribution in [0.25, 0.3) is 0 Å². The Balaban J connectivity index is 1.43. The first kappa shape index (κ1) is 33.4. The van der Waals surface area contributed by atoms with Crippen LogP contribution in [0.15, 0.2) is 140 Å². The minimum atomic E-state index is -1.88. The molecule has 0 saturated heterocycles. The van der Waals surface area contributed by atoms with Gasteiger partial charge >= 0.3 is 6.09 Å². The first-order valence-electron chi connectivity index (χ1n) is 16.7. The lowest BCUT2D eigenvalue weighted by atomic mass is 9.65. The zero-order chi connectivity index (χ0) is 33.8. The van der Waals surface area contributed by atoms with Gasteiger partial charge in [0.25, 0.3) is 9.04 Å². The van der Waals surface area contributed by atoms with Crippen LogP contribution in [0.4, 0.5) is 16.2 Å². The maximum Gasteiger partial charge on any atom is 0.418 e. The molecule has 1 aliphatic rings. The van der Waals surface area contributed by atoms with Gasteiger partial charge in [0.15, 0.2) is 0 Å². The predicted molar refractivity (Wildman–Crippen MR) is 196 cm³/mol. The van der Waals surface area contributed by atoms with E-state index in [0.29, 0.717) is 17.8 Å². The van der Waals surface area contributed by atoms with Crippen LogP contribution in [-0.4, -0.2) is 32.4 Å². The van der Waals surface area contributed by atoms with Gasteiger partial charge in [0.2, 0.25) is 0 Å². The SMILES string of the molecule is CC(C)(C)c1cccc2c1CCC(C)(O)C2(CCOC(=O)N(c1ccccc1)c1ccccc1)O[Si](c1ccccc1)c1ccccc1. The molecule has 245 valence electrons. The minimum Gasteiger partial charge on any atom is -0.449 e. The standard InChI is InChI=1S/C42H44NO4Si/c1-40(2,3)37-26-17-27-38-36(37)28-29-41(4,45)42(38,47-48(34-22-13-7-14-23-34)35-24-15-8-16-25-35)30-31-46-39(44)43(32-18-9-5-10-19-32)33-20-11-6-12-21-33/h5-27,45H,28-31H2,1-4H3. The van der Waals surface area contributed by atoms with Gasteiger partial charge in [0, 0.05) is 6.42 Å². The lowest BCUT2D eigenvalue weighted by molar-refractivity contribution is -0.151. The van der Waals surface area contributed by atoms with E-state index in [2.05, 4.69) is 63.2 Å². The van der Waals surface area contributed by atoms with Crippen LogP contribution in [0, 0.1) is 0 Å². The molecular formula is C42H44NO4Si. The van der Waals surface area contributed by atoms with E-state index in [-0.39, 0.29) is 18.4 Å². The van der Waals surface area contributed by atoms with Crippen LogP contribution in [0.2, 0.25) is 0 Å². The van der Waals surface area contributed by atoms with Crippen LogP contribution >= 0.6 is 0 Å². The number of fused-ring (bicyclic) bond motifs is 1. The van der Waals surface area contributed by atoms with Crippen molar-refractivity contribution in [2.24, 2.45) is 0 Å². The zero-order valence-corrected chi connectivity index (χ0v) is 29.2. The quantitative estimate of drug-likeness (QED) is 0.163. The lowest BCUT2D eigenvalue weighted by Gasteiger charge is -2.52. The molecule has 0 saturated carbocycles. The Morgan fingerprint density at radius 3 is 1.75 bits per heavy atom. The number of carbonyl (C=O) groups excluding carboxylic acids is 1. The van der Waals surface area contributed by atoms with Crippen LogP contribution in [0.3, 0.4) is 0 Å². The number of anilines is 2. The van der Waals surface area contributed by atoms with Gasteiger partial charge in [-0.15, -0.1) is 0 Å². The van der Waals surface area contributed by atoms with E-state index < -0.39 is 26.3 Å². The third-order valence-corrected chi connectivity index (χ3v) is 11.7. The van der Waals surface area contributed by atoms with Crippen molar-refractivity contribution in [3.63, 3.8) is 0 Å². The van der Waals surface area contributed by atoms with Gasteiger partial charge in [-0.1, -0.05) is 136 Å². The Labute approximate surface area is 286 Å². The summed E-state index contributed by atoms with van der Waals surface area (Å²) in [6, 6.07) is 46.0. The fourth-order valence-electron chi connectivity index (χ4n) is 6.92. The third-order valence-electron chi connectivity index (χ3n) is 9.39. The number of hydrogen-bond acceptors (Lipinski definition) is 4. The molecular weight excluding hydrogens is 611 g/mol. The van der Waals surface area contributed by atoms with Crippen molar-refractivity contribution in [2.75, 3.05) is 11.5 Å². The number of carbonyl (C=O) groups is 1. The Morgan fingerprint density at radius 2 is 1.25 bits per heavy atom. The number of amides is 1. The Bertz CT molecular complexity index is 1730. The Kier molecular flexibility index (Phi) is 9.70. The van der Waals surface area contributed by atoms with E-state index in [1.165, 1.54) is 11.1 Å². The molecule has 6 rings (SSSR count). The largest absolute Gasteiger partial charge is 0.449 e. The van der Waals surface area contributed by atoms with Crippen LogP contribution in [0.5, 0.6) is 0 Å². The summed E-state index contributed by atoms with van der Waals surface area (Å²) in [5.74, 6) is 0. The number of hydrogen-bond donors (Lipinski definition) is 1. The fourth-order valence-corrected chi connectivity index (χ4v) is 9.26. The van der Waals surface area contributed by atoms with Crippen LogP contribution < -0.4 is 15.3 Å². The number of ether oxygens (including phenoxy) is 1. The highest BCUT2D eigenvalue weighted by Gasteiger charge is 2.55. The molecule has 1 N–H and O–H groups in total. The molecule has 0 bridgehead atoms. The summed E-state index contributed by atoms with van der Waals surface area (Å²) < 4.78 is 13.7. The molecule has 2 unspecified atom stereocenters. The maximum absolute atomic E-state index is 14.0. The predicted octanol–water partition coefficient (Wildman–Crippen LogP) is 8.06. The van der Waals surface area contributed by atoms with Crippen molar-refractivity contribution in [1.29, 1.82) is 0 Å². The molecule has 1 aliphatic carbocycles. The maximum atomic E-state index is 14.0.